The first-order valence-corrected chi connectivity index (χ1v) is 22.9. The first-order valence-electron chi connectivity index (χ1n) is 21.4. The van der Waals surface area contributed by atoms with Crippen molar-refractivity contribution in [3.8, 4) is 0 Å². The molecular weight excluding hydrogens is 701 g/mol. The third-order valence-corrected chi connectivity index (χ3v) is 9.86. The molecule has 0 saturated carbocycles. The summed E-state index contributed by atoms with van der Waals surface area (Å²) >= 11 is 0. The average Bonchev–Trinajstić information content (AvgIpc) is 3.12. The third-order valence-electron chi connectivity index (χ3n) is 8.87. The quantitative estimate of drug-likeness (QED) is 0.0217. The molecule has 2 unspecified atom stereocenters. The van der Waals surface area contributed by atoms with E-state index in [9.17, 15) is 19.0 Å². The van der Waals surface area contributed by atoms with Crippen LogP contribution < -0.4 is 0 Å². The van der Waals surface area contributed by atoms with Crippen molar-refractivity contribution in [1.82, 2.24) is 0 Å². The number of hydrogen-bond acceptors (Lipinski definition) is 7. The smallest absolute Gasteiger partial charge is 0.462 e. The fourth-order valence-electron chi connectivity index (χ4n) is 5.53. The van der Waals surface area contributed by atoms with Crippen LogP contribution in [0.25, 0.3) is 0 Å². The molecule has 0 saturated heterocycles. The molecule has 314 valence electrons. The molecule has 9 nitrogen and oxygen atoms in total. The van der Waals surface area contributed by atoms with E-state index in [2.05, 4.69) is 62.5 Å². The first-order chi connectivity index (χ1) is 26.0. The van der Waals surface area contributed by atoms with E-state index in [1.807, 2.05) is 21.1 Å². The van der Waals surface area contributed by atoms with Crippen LogP contribution in [0.3, 0.4) is 0 Å². The molecule has 0 aliphatic rings. The van der Waals surface area contributed by atoms with Crippen LogP contribution >= 0.6 is 7.82 Å². The third kappa shape index (κ3) is 39.7. The molecule has 0 bridgehead atoms. The Bertz CT molecular complexity index is 1070. The van der Waals surface area contributed by atoms with Crippen molar-refractivity contribution in [3.63, 3.8) is 0 Å². The molecule has 0 spiro atoms. The summed E-state index contributed by atoms with van der Waals surface area (Å²) in [6.45, 7) is 4.27. The Morgan fingerprint density at radius 2 is 1.06 bits per heavy atom. The van der Waals surface area contributed by atoms with Gasteiger partial charge in [0, 0.05) is 12.8 Å². The lowest BCUT2D eigenvalue weighted by molar-refractivity contribution is -0.870. The van der Waals surface area contributed by atoms with Crippen LogP contribution in [0.1, 0.15) is 168 Å². The van der Waals surface area contributed by atoms with Crippen molar-refractivity contribution in [2.75, 3.05) is 47.5 Å². The SMILES string of the molecule is CC/C=C\C/C=C\C/C=C\C/C=C\CCCCCCCCCCC(=O)OC(COC(=O)CCCCCCCCCCC)COP(=O)(O)OCC[N+](C)(C)C. The Labute approximate surface area is 331 Å². The fourth-order valence-corrected chi connectivity index (χ4v) is 6.27. The van der Waals surface area contributed by atoms with Gasteiger partial charge >= 0.3 is 19.8 Å². The first kappa shape index (κ1) is 52.0. The predicted octanol–water partition coefficient (Wildman–Crippen LogP) is 11.9. The second-order valence-corrected chi connectivity index (χ2v) is 16.8. The van der Waals surface area contributed by atoms with E-state index < -0.39 is 26.5 Å². The Balaban J connectivity index is 4.31. The van der Waals surface area contributed by atoms with Crippen molar-refractivity contribution in [3.05, 3.63) is 48.6 Å². The van der Waals surface area contributed by atoms with Gasteiger partial charge in [-0.2, -0.15) is 0 Å². The number of esters is 2. The number of unbranched alkanes of at least 4 members (excludes halogenated alkanes) is 16. The molecule has 54 heavy (non-hydrogen) atoms. The van der Waals surface area contributed by atoms with E-state index in [0.717, 1.165) is 70.6 Å². The molecule has 2 atom stereocenters. The monoisotopic (exact) mass is 783 g/mol. The average molecular weight is 783 g/mol. The molecule has 0 radical (unpaired) electrons. The molecule has 0 fully saturated rings. The highest BCUT2D eigenvalue weighted by atomic mass is 31.2. The Morgan fingerprint density at radius 3 is 1.57 bits per heavy atom. The summed E-state index contributed by atoms with van der Waals surface area (Å²) in [6, 6.07) is 0. The number of rotatable bonds is 38. The number of quaternary nitrogens is 1. The van der Waals surface area contributed by atoms with E-state index in [0.29, 0.717) is 17.4 Å². The van der Waals surface area contributed by atoms with E-state index >= 15 is 0 Å². The zero-order valence-electron chi connectivity index (χ0n) is 35.2. The number of likely N-dealkylation sites (N-methyl/N-ethyl adjacent to an activating group) is 1. The molecule has 1 N–H and O–H groups in total. The molecule has 0 aromatic rings. The minimum atomic E-state index is -4.37. The van der Waals surface area contributed by atoms with Crippen LogP contribution in [0.15, 0.2) is 48.6 Å². The number of phosphoric ester groups is 1. The number of allylic oxidation sites excluding steroid dienone is 8. The molecule has 0 aliphatic carbocycles. The van der Waals surface area contributed by atoms with E-state index in [-0.39, 0.29) is 32.0 Å². The van der Waals surface area contributed by atoms with Crippen LogP contribution in [-0.4, -0.2) is 74.9 Å². The largest absolute Gasteiger partial charge is 0.472 e. The second kappa shape index (κ2) is 36.6. The number of carbonyl (C=O) groups is 2. The van der Waals surface area contributed by atoms with Crippen molar-refractivity contribution in [2.45, 2.75) is 174 Å². The van der Waals surface area contributed by atoms with Crippen LogP contribution in [-0.2, 0) is 32.7 Å². The van der Waals surface area contributed by atoms with Gasteiger partial charge in [0.25, 0.3) is 0 Å². The summed E-state index contributed by atoms with van der Waals surface area (Å²) in [5.74, 6) is -0.812. The minimum absolute atomic E-state index is 0.0293. The van der Waals surface area contributed by atoms with Gasteiger partial charge in [-0.15, -0.1) is 0 Å². The minimum Gasteiger partial charge on any atom is -0.462 e. The lowest BCUT2D eigenvalue weighted by atomic mass is 10.1. The molecule has 0 heterocycles. The Hall–Kier alpha value is -2.03. The van der Waals surface area contributed by atoms with Gasteiger partial charge in [0.05, 0.1) is 27.7 Å². The lowest BCUT2D eigenvalue weighted by Gasteiger charge is -2.24. The van der Waals surface area contributed by atoms with Gasteiger partial charge in [-0.05, 0) is 51.4 Å². The topological polar surface area (TPSA) is 108 Å². The fraction of sp³-hybridized carbons (Fsp3) is 0.773. The Kier molecular flexibility index (Phi) is 35.2. The maximum atomic E-state index is 12.7. The summed E-state index contributed by atoms with van der Waals surface area (Å²) in [5, 5.41) is 0. The lowest BCUT2D eigenvalue weighted by Crippen LogP contribution is -2.37. The van der Waals surface area contributed by atoms with Crippen molar-refractivity contribution >= 4 is 19.8 Å². The van der Waals surface area contributed by atoms with Crippen molar-refractivity contribution in [1.29, 1.82) is 0 Å². The highest BCUT2D eigenvalue weighted by Gasteiger charge is 2.27. The zero-order valence-corrected chi connectivity index (χ0v) is 36.1. The van der Waals surface area contributed by atoms with Gasteiger partial charge in [0.15, 0.2) is 6.10 Å². The Morgan fingerprint density at radius 1 is 0.593 bits per heavy atom. The van der Waals surface area contributed by atoms with Crippen LogP contribution in [0, 0.1) is 0 Å². The highest BCUT2D eigenvalue weighted by molar-refractivity contribution is 7.47. The van der Waals surface area contributed by atoms with Crippen molar-refractivity contribution in [2.24, 2.45) is 0 Å². The summed E-state index contributed by atoms with van der Waals surface area (Å²) in [6.07, 6.45) is 41.6. The molecular formula is C44H81NO8P+. The molecule has 0 aromatic carbocycles. The summed E-state index contributed by atoms with van der Waals surface area (Å²) in [4.78, 5) is 35.2. The van der Waals surface area contributed by atoms with E-state index in [1.165, 1.54) is 64.2 Å². The van der Waals surface area contributed by atoms with Gasteiger partial charge in [-0.1, -0.05) is 152 Å². The second-order valence-electron chi connectivity index (χ2n) is 15.4. The standard InChI is InChI=1S/C44H80NO8P/c1-6-8-10-12-14-16-17-18-19-20-21-22-23-24-25-26-27-29-31-33-35-37-44(47)53-42(41-52-54(48,49)51-39-38-45(3,4)5)40-50-43(46)36-34-32-30-28-15-13-11-9-7-2/h8,10,14,16,18-19,21-22,42H,6-7,9,11-13,15,17,20,23-41H2,1-5H3/p+1/b10-8-,16-14-,19-18-,22-21-. The maximum Gasteiger partial charge on any atom is 0.472 e. The number of phosphoric acid groups is 1. The van der Waals surface area contributed by atoms with Crippen molar-refractivity contribution < 1.29 is 42.1 Å². The number of ether oxygens (including phenoxy) is 2. The predicted molar refractivity (Wildman–Crippen MR) is 224 cm³/mol. The number of carbonyl (C=O) groups excluding carboxylic acids is 2. The van der Waals surface area contributed by atoms with Crippen LogP contribution in [0.5, 0.6) is 0 Å². The normalized spacial score (nSPS) is 14.1. The number of hydrogen-bond donors (Lipinski definition) is 1. The molecule has 0 amide bonds. The highest BCUT2D eigenvalue weighted by Crippen LogP contribution is 2.43. The molecule has 10 heteroatoms. The van der Waals surface area contributed by atoms with Crippen LogP contribution in [0.4, 0.5) is 0 Å². The molecule has 0 aromatic heterocycles. The van der Waals surface area contributed by atoms with Gasteiger partial charge in [-0.3, -0.25) is 18.6 Å². The van der Waals surface area contributed by atoms with Gasteiger partial charge in [0.1, 0.15) is 19.8 Å². The number of nitrogens with zero attached hydrogens (tertiary/aromatic N) is 1. The van der Waals surface area contributed by atoms with E-state index in [1.54, 1.807) is 0 Å². The van der Waals surface area contributed by atoms with Gasteiger partial charge < -0.3 is 18.9 Å². The molecule has 0 aliphatic heterocycles. The summed E-state index contributed by atoms with van der Waals surface area (Å²) in [5.41, 5.74) is 0. The zero-order chi connectivity index (χ0) is 40.0. The summed E-state index contributed by atoms with van der Waals surface area (Å²) in [7, 11) is 1.47. The van der Waals surface area contributed by atoms with E-state index in [4.69, 9.17) is 18.5 Å². The summed E-state index contributed by atoms with van der Waals surface area (Å²) < 4.78 is 34.2. The molecule has 0 rings (SSSR count). The van der Waals surface area contributed by atoms with Crippen LogP contribution in [0.2, 0.25) is 0 Å². The van der Waals surface area contributed by atoms with Gasteiger partial charge in [0.2, 0.25) is 0 Å². The van der Waals surface area contributed by atoms with Gasteiger partial charge in [-0.25, -0.2) is 4.57 Å². The maximum absolute atomic E-state index is 12.7.